The van der Waals surface area contributed by atoms with Gasteiger partial charge in [0.25, 0.3) is 0 Å². The van der Waals surface area contributed by atoms with Crippen LogP contribution in [0.1, 0.15) is 30.9 Å². The molecule has 0 bridgehead atoms. The number of hydrogen-bond acceptors (Lipinski definition) is 2. The van der Waals surface area contributed by atoms with Gasteiger partial charge in [0, 0.05) is 12.2 Å². The number of urea groups is 1. The number of carbonyl (C=O) groups excluding carboxylic acids is 1. The molecule has 5 nitrogen and oxygen atoms in total. The van der Waals surface area contributed by atoms with Crippen molar-refractivity contribution in [2.24, 2.45) is 5.92 Å². The van der Waals surface area contributed by atoms with Crippen LogP contribution in [0.4, 0.5) is 10.5 Å². The molecule has 1 unspecified atom stereocenters. The second-order valence-electron chi connectivity index (χ2n) is 5.08. The Morgan fingerprint density at radius 3 is 2.60 bits per heavy atom. The van der Waals surface area contributed by atoms with Crippen molar-refractivity contribution >= 4 is 17.7 Å². The largest absolute Gasteiger partial charge is 0.481 e. The molecule has 0 aromatic heterocycles. The molecule has 0 aliphatic rings. The topological polar surface area (TPSA) is 78.4 Å². The molecular formula is C15H22N2O3. The highest BCUT2D eigenvalue weighted by molar-refractivity contribution is 5.90. The smallest absolute Gasteiger partial charge is 0.319 e. The Kier molecular flexibility index (Phi) is 6.03. The molecule has 0 heterocycles. The van der Waals surface area contributed by atoms with Gasteiger partial charge in [0.15, 0.2) is 0 Å². The Morgan fingerprint density at radius 2 is 2.00 bits per heavy atom. The van der Waals surface area contributed by atoms with Crippen LogP contribution in [0.3, 0.4) is 0 Å². The highest BCUT2D eigenvalue weighted by atomic mass is 16.4. The lowest BCUT2D eigenvalue weighted by atomic mass is 10.1. The number of carboxylic acids is 1. The molecule has 0 saturated carbocycles. The Hall–Kier alpha value is -2.04. The van der Waals surface area contributed by atoms with Crippen LogP contribution < -0.4 is 10.6 Å². The van der Waals surface area contributed by atoms with E-state index in [1.54, 1.807) is 6.92 Å². The average molecular weight is 278 g/mol. The van der Waals surface area contributed by atoms with E-state index in [-0.39, 0.29) is 11.9 Å². The molecule has 0 radical (unpaired) electrons. The van der Waals surface area contributed by atoms with Crippen molar-refractivity contribution in [1.82, 2.24) is 5.32 Å². The zero-order chi connectivity index (χ0) is 15.1. The third-order valence-corrected chi connectivity index (χ3v) is 3.15. The van der Waals surface area contributed by atoms with Gasteiger partial charge in [-0.2, -0.15) is 0 Å². The molecule has 5 heteroatoms. The number of rotatable bonds is 6. The van der Waals surface area contributed by atoms with Crippen LogP contribution in [0, 0.1) is 19.8 Å². The van der Waals surface area contributed by atoms with Gasteiger partial charge in [-0.3, -0.25) is 4.79 Å². The third-order valence-electron chi connectivity index (χ3n) is 3.15. The van der Waals surface area contributed by atoms with Crippen LogP contribution >= 0.6 is 0 Å². The summed E-state index contributed by atoms with van der Waals surface area (Å²) in [5.41, 5.74) is 2.95. The summed E-state index contributed by atoms with van der Waals surface area (Å²) in [5.74, 6) is -1.18. The van der Waals surface area contributed by atoms with Gasteiger partial charge in [-0.15, -0.1) is 0 Å². The fraction of sp³-hybridized carbons (Fsp3) is 0.467. The van der Waals surface area contributed by atoms with Crippen molar-refractivity contribution in [1.29, 1.82) is 0 Å². The molecule has 0 fully saturated rings. The van der Waals surface area contributed by atoms with Crippen LogP contribution in [0.5, 0.6) is 0 Å². The summed E-state index contributed by atoms with van der Waals surface area (Å²) < 4.78 is 0. The number of aliphatic carboxylic acids is 1. The van der Waals surface area contributed by atoms with Crippen LogP contribution in [0.25, 0.3) is 0 Å². The quantitative estimate of drug-likeness (QED) is 0.700. The Labute approximate surface area is 119 Å². The molecule has 3 N–H and O–H groups in total. The summed E-state index contributed by atoms with van der Waals surface area (Å²) in [6.45, 7) is 6.07. The number of benzene rings is 1. The maximum Gasteiger partial charge on any atom is 0.319 e. The molecule has 2 amide bonds. The summed E-state index contributed by atoms with van der Waals surface area (Å²) >= 11 is 0. The minimum atomic E-state index is -0.801. The number of amides is 2. The number of hydrogen-bond donors (Lipinski definition) is 3. The van der Waals surface area contributed by atoms with E-state index in [1.165, 1.54) is 0 Å². The van der Waals surface area contributed by atoms with Gasteiger partial charge in [-0.25, -0.2) is 4.79 Å². The fourth-order valence-corrected chi connectivity index (χ4v) is 1.85. The van der Waals surface area contributed by atoms with Gasteiger partial charge in [-0.1, -0.05) is 24.6 Å². The molecule has 1 aromatic rings. The first-order chi connectivity index (χ1) is 9.40. The van der Waals surface area contributed by atoms with Crippen LogP contribution in [-0.2, 0) is 4.79 Å². The van der Waals surface area contributed by atoms with Crippen molar-refractivity contribution in [2.45, 2.75) is 33.6 Å². The van der Waals surface area contributed by atoms with Crippen molar-refractivity contribution in [3.8, 4) is 0 Å². The van der Waals surface area contributed by atoms with Gasteiger partial charge >= 0.3 is 12.0 Å². The third kappa shape index (κ3) is 5.30. The second kappa shape index (κ2) is 7.53. The minimum absolute atomic E-state index is 0.264. The van der Waals surface area contributed by atoms with Crippen LogP contribution in [0.15, 0.2) is 18.2 Å². The van der Waals surface area contributed by atoms with Crippen molar-refractivity contribution in [2.75, 3.05) is 11.9 Å². The van der Waals surface area contributed by atoms with Crippen LogP contribution in [-0.4, -0.2) is 23.7 Å². The maximum atomic E-state index is 11.7. The molecule has 1 aromatic carbocycles. The predicted molar refractivity (Wildman–Crippen MR) is 79.0 cm³/mol. The number of anilines is 1. The summed E-state index contributed by atoms with van der Waals surface area (Å²) in [5, 5.41) is 14.2. The van der Waals surface area contributed by atoms with E-state index in [1.807, 2.05) is 32.0 Å². The standard InChI is InChI=1S/C15H22N2O3/c1-10-6-7-13(12(3)9-10)17-15(20)16-8-4-5-11(2)14(18)19/h6-7,9,11H,4-5,8H2,1-3H3,(H,18,19)(H2,16,17,20). The number of nitrogens with one attached hydrogen (secondary N) is 2. The van der Waals surface area contributed by atoms with E-state index in [0.29, 0.717) is 19.4 Å². The fourth-order valence-electron chi connectivity index (χ4n) is 1.85. The Balaban J connectivity index is 2.32. The zero-order valence-electron chi connectivity index (χ0n) is 12.2. The SMILES string of the molecule is Cc1ccc(NC(=O)NCCCC(C)C(=O)O)c(C)c1. The Morgan fingerprint density at radius 1 is 1.30 bits per heavy atom. The van der Waals surface area contributed by atoms with Crippen molar-refractivity contribution < 1.29 is 14.7 Å². The van der Waals surface area contributed by atoms with E-state index >= 15 is 0 Å². The van der Waals surface area contributed by atoms with E-state index in [4.69, 9.17) is 5.11 Å². The lowest BCUT2D eigenvalue weighted by Gasteiger charge is -2.11. The van der Waals surface area contributed by atoms with Gasteiger partial charge in [0.05, 0.1) is 5.92 Å². The molecule has 20 heavy (non-hydrogen) atoms. The highest BCUT2D eigenvalue weighted by Crippen LogP contribution is 2.15. The Bertz CT molecular complexity index is 486. The molecule has 1 rings (SSSR count). The van der Waals surface area contributed by atoms with Gasteiger partial charge < -0.3 is 15.7 Å². The van der Waals surface area contributed by atoms with Gasteiger partial charge in [-0.05, 0) is 38.3 Å². The first-order valence-electron chi connectivity index (χ1n) is 6.75. The first-order valence-corrected chi connectivity index (χ1v) is 6.75. The molecule has 0 saturated heterocycles. The number of carboxylic acid groups (broad SMARTS) is 1. The molecular weight excluding hydrogens is 256 g/mol. The van der Waals surface area contributed by atoms with Crippen molar-refractivity contribution in [3.63, 3.8) is 0 Å². The van der Waals surface area contributed by atoms with Crippen LogP contribution in [0.2, 0.25) is 0 Å². The zero-order valence-corrected chi connectivity index (χ0v) is 12.2. The minimum Gasteiger partial charge on any atom is -0.481 e. The maximum absolute atomic E-state index is 11.7. The highest BCUT2D eigenvalue weighted by Gasteiger charge is 2.10. The summed E-state index contributed by atoms with van der Waals surface area (Å²) in [6.07, 6.45) is 1.20. The van der Waals surface area contributed by atoms with E-state index < -0.39 is 5.97 Å². The average Bonchev–Trinajstić information content (AvgIpc) is 2.37. The summed E-state index contributed by atoms with van der Waals surface area (Å²) in [6, 6.07) is 5.55. The molecule has 110 valence electrons. The monoisotopic (exact) mass is 278 g/mol. The molecule has 1 atom stereocenters. The molecule has 0 spiro atoms. The molecule has 0 aliphatic heterocycles. The van der Waals surface area contributed by atoms with Gasteiger partial charge in [0.2, 0.25) is 0 Å². The lowest BCUT2D eigenvalue weighted by Crippen LogP contribution is -2.30. The summed E-state index contributed by atoms with van der Waals surface area (Å²) in [7, 11) is 0. The second-order valence-corrected chi connectivity index (χ2v) is 5.08. The normalized spacial score (nSPS) is 11.8. The molecule has 0 aliphatic carbocycles. The first kappa shape index (κ1) is 16.0. The van der Waals surface area contributed by atoms with Gasteiger partial charge in [0.1, 0.15) is 0 Å². The summed E-state index contributed by atoms with van der Waals surface area (Å²) in [4.78, 5) is 22.3. The number of carbonyl (C=O) groups is 2. The van der Waals surface area contributed by atoms with E-state index in [2.05, 4.69) is 10.6 Å². The van der Waals surface area contributed by atoms with E-state index in [0.717, 1.165) is 16.8 Å². The van der Waals surface area contributed by atoms with E-state index in [9.17, 15) is 9.59 Å². The predicted octanol–water partition coefficient (Wildman–Crippen LogP) is 2.93. The van der Waals surface area contributed by atoms with Crippen molar-refractivity contribution in [3.05, 3.63) is 29.3 Å². The number of aryl methyl sites for hydroxylation is 2. The lowest BCUT2D eigenvalue weighted by molar-refractivity contribution is -0.141.